The molecular weight excluding hydrogens is 298 g/mol. The van der Waals surface area contributed by atoms with Gasteiger partial charge >= 0.3 is 0 Å². The van der Waals surface area contributed by atoms with E-state index in [9.17, 15) is 15.2 Å². The molecular formula is C16H19N3O4. The zero-order chi connectivity index (χ0) is 16.7. The Bertz CT molecular complexity index is 619. The van der Waals surface area contributed by atoms with Gasteiger partial charge in [-0.1, -0.05) is 30.3 Å². The van der Waals surface area contributed by atoms with Gasteiger partial charge in [0.25, 0.3) is 5.69 Å². The van der Waals surface area contributed by atoms with Gasteiger partial charge in [-0.3, -0.25) is 10.1 Å². The first-order valence-electron chi connectivity index (χ1n) is 7.17. The Morgan fingerprint density at radius 2 is 2.04 bits per heavy atom. The van der Waals surface area contributed by atoms with Crippen molar-refractivity contribution in [2.24, 2.45) is 0 Å². The molecule has 1 aromatic carbocycles. The maximum atomic E-state index is 10.6. The number of anilines is 1. The molecule has 2 rings (SSSR count). The van der Waals surface area contributed by atoms with Crippen LogP contribution in [-0.4, -0.2) is 41.3 Å². The largest absolute Gasteiger partial charge is 0.389 e. The number of ether oxygens (including phenoxy) is 1. The third kappa shape index (κ3) is 5.32. The molecule has 1 aromatic heterocycles. The predicted octanol–water partition coefficient (Wildman–Crippen LogP) is 2.00. The van der Waals surface area contributed by atoms with Crippen LogP contribution >= 0.6 is 0 Å². The van der Waals surface area contributed by atoms with Crippen LogP contribution in [0.1, 0.15) is 5.56 Å². The van der Waals surface area contributed by atoms with Crippen LogP contribution in [0, 0.1) is 10.1 Å². The molecule has 7 heteroatoms. The highest BCUT2D eigenvalue weighted by atomic mass is 16.6. The van der Waals surface area contributed by atoms with Crippen LogP contribution < -0.4 is 4.90 Å². The molecule has 0 unspecified atom stereocenters. The lowest BCUT2D eigenvalue weighted by Crippen LogP contribution is -2.32. The Hall–Kier alpha value is -2.51. The smallest absolute Gasteiger partial charge is 0.287 e. The molecule has 0 aliphatic carbocycles. The zero-order valence-electron chi connectivity index (χ0n) is 12.8. The van der Waals surface area contributed by atoms with Gasteiger partial charge in [0.05, 0.1) is 24.2 Å². The second kappa shape index (κ2) is 8.21. The number of nitro groups is 1. The Labute approximate surface area is 134 Å². The van der Waals surface area contributed by atoms with E-state index in [-0.39, 0.29) is 12.3 Å². The summed E-state index contributed by atoms with van der Waals surface area (Å²) >= 11 is 0. The minimum atomic E-state index is -0.680. The number of hydrogen-bond donors (Lipinski definition) is 1. The Morgan fingerprint density at radius 1 is 1.30 bits per heavy atom. The van der Waals surface area contributed by atoms with Crippen molar-refractivity contribution < 1.29 is 14.8 Å². The van der Waals surface area contributed by atoms with Crippen molar-refractivity contribution in [2.45, 2.75) is 12.7 Å². The summed E-state index contributed by atoms with van der Waals surface area (Å²) < 4.78 is 5.48. The molecule has 122 valence electrons. The van der Waals surface area contributed by atoms with Gasteiger partial charge < -0.3 is 14.7 Å². The maximum Gasteiger partial charge on any atom is 0.287 e. The molecule has 0 aliphatic rings. The molecule has 0 radical (unpaired) electrons. The SMILES string of the molecule is CN(C[C@H](O)COCc1ccccc1)c1ccc([N+](=O)[O-])cn1. The van der Waals surface area contributed by atoms with Crippen molar-refractivity contribution in [3.05, 3.63) is 64.3 Å². The minimum Gasteiger partial charge on any atom is -0.389 e. The molecule has 0 spiro atoms. The lowest BCUT2D eigenvalue weighted by Gasteiger charge is -2.21. The second-order valence-electron chi connectivity index (χ2n) is 5.17. The Kier molecular flexibility index (Phi) is 6.02. The van der Waals surface area contributed by atoms with E-state index in [0.29, 0.717) is 19.0 Å². The summed E-state index contributed by atoms with van der Waals surface area (Å²) in [5.41, 5.74) is 0.985. The lowest BCUT2D eigenvalue weighted by atomic mass is 10.2. The summed E-state index contributed by atoms with van der Waals surface area (Å²) in [6.45, 7) is 0.962. The number of hydrogen-bond acceptors (Lipinski definition) is 6. The number of aliphatic hydroxyl groups is 1. The van der Waals surface area contributed by atoms with Crippen LogP contribution in [0.2, 0.25) is 0 Å². The van der Waals surface area contributed by atoms with E-state index in [0.717, 1.165) is 5.56 Å². The average Bonchev–Trinajstić information content (AvgIpc) is 2.56. The fourth-order valence-electron chi connectivity index (χ4n) is 2.06. The molecule has 0 amide bonds. The molecule has 2 aromatic rings. The van der Waals surface area contributed by atoms with Crippen molar-refractivity contribution in [1.82, 2.24) is 4.98 Å². The topological polar surface area (TPSA) is 88.7 Å². The van der Waals surface area contributed by atoms with Crippen LogP contribution in [0.3, 0.4) is 0 Å². The van der Waals surface area contributed by atoms with E-state index in [1.807, 2.05) is 30.3 Å². The summed E-state index contributed by atoms with van der Waals surface area (Å²) in [7, 11) is 1.76. The van der Waals surface area contributed by atoms with Gasteiger partial charge in [0.15, 0.2) is 0 Å². The molecule has 0 fully saturated rings. The van der Waals surface area contributed by atoms with Crippen LogP contribution in [-0.2, 0) is 11.3 Å². The van der Waals surface area contributed by atoms with Gasteiger partial charge in [-0.25, -0.2) is 4.98 Å². The first-order chi connectivity index (χ1) is 11.1. The summed E-state index contributed by atoms with van der Waals surface area (Å²) in [6.07, 6.45) is 0.519. The van der Waals surface area contributed by atoms with E-state index >= 15 is 0 Å². The average molecular weight is 317 g/mol. The standard InChI is InChI=1S/C16H19N3O4/c1-18(16-8-7-14(9-17-16)19(21)22)10-15(20)12-23-11-13-5-3-2-4-6-13/h2-9,15,20H,10-12H2,1H3/t15-/m0/s1. The third-order valence-corrected chi connectivity index (χ3v) is 3.24. The fourth-order valence-corrected chi connectivity index (χ4v) is 2.06. The van der Waals surface area contributed by atoms with E-state index in [1.54, 1.807) is 18.0 Å². The van der Waals surface area contributed by atoms with Gasteiger partial charge in [-0.05, 0) is 11.6 Å². The molecule has 0 saturated carbocycles. The quantitative estimate of drug-likeness (QED) is 0.592. The number of rotatable bonds is 8. The van der Waals surface area contributed by atoms with Gasteiger partial charge in [0.2, 0.25) is 0 Å². The number of pyridine rings is 1. The lowest BCUT2D eigenvalue weighted by molar-refractivity contribution is -0.385. The Morgan fingerprint density at radius 3 is 2.65 bits per heavy atom. The number of aromatic nitrogens is 1. The number of benzene rings is 1. The molecule has 0 aliphatic heterocycles. The minimum absolute atomic E-state index is 0.0612. The van der Waals surface area contributed by atoms with Crippen LogP contribution in [0.15, 0.2) is 48.7 Å². The van der Waals surface area contributed by atoms with E-state index < -0.39 is 11.0 Å². The highest BCUT2D eigenvalue weighted by Gasteiger charge is 2.12. The molecule has 7 nitrogen and oxygen atoms in total. The summed E-state index contributed by atoms with van der Waals surface area (Å²) in [5, 5.41) is 20.6. The number of nitrogens with zero attached hydrogens (tertiary/aromatic N) is 3. The molecule has 1 N–H and O–H groups in total. The van der Waals surface area contributed by atoms with Gasteiger partial charge in [-0.2, -0.15) is 0 Å². The molecule has 1 heterocycles. The fraction of sp³-hybridized carbons (Fsp3) is 0.312. The zero-order valence-corrected chi connectivity index (χ0v) is 12.8. The number of likely N-dealkylation sites (N-methyl/N-ethyl adjacent to an activating group) is 1. The second-order valence-corrected chi connectivity index (χ2v) is 5.17. The molecule has 23 heavy (non-hydrogen) atoms. The Balaban J connectivity index is 1.77. The van der Waals surface area contributed by atoms with Crippen molar-refractivity contribution in [1.29, 1.82) is 0 Å². The molecule has 1 atom stereocenters. The highest BCUT2D eigenvalue weighted by Crippen LogP contribution is 2.14. The first kappa shape index (κ1) is 16.9. The predicted molar refractivity (Wildman–Crippen MR) is 86.3 cm³/mol. The van der Waals surface area contributed by atoms with E-state index in [1.165, 1.54) is 12.3 Å². The van der Waals surface area contributed by atoms with Gasteiger partial charge in [-0.15, -0.1) is 0 Å². The van der Waals surface area contributed by atoms with Crippen LogP contribution in [0.5, 0.6) is 0 Å². The van der Waals surface area contributed by atoms with Gasteiger partial charge in [0, 0.05) is 19.7 Å². The molecule has 0 bridgehead atoms. The summed E-state index contributed by atoms with van der Waals surface area (Å²) in [6, 6.07) is 12.7. The van der Waals surface area contributed by atoms with E-state index in [4.69, 9.17) is 4.74 Å². The summed E-state index contributed by atoms with van der Waals surface area (Å²) in [5.74, 6) is 0.553. The van der Waals surface area contributed by atoms with Crippen LogP contribution in [0.25, 0.3) is 0 Å². The van der Waals surface area contributed by atoms with E-state index in [2.05, 4.69) is 4.98 Å². The molecule has 0 saturated heterocycles. The summed E-state index contributed by atoms with van der Waals surface area (Å²) in [4.78, 5) is 15.8. The van der Waals surface area contributed by atoms with Crippen LogP contribution in [0.4, 0.5) is 11.5 Å². The van der Waals surface area contributed by atoms with Crippen molar-refractivity contribution >= 4 is 11.5 Å². The third-order valence-electron chi connectivity index (χ3n) is 3.24. The number of aliphatic hydroxyl groups excluding tert-OH is 1. The maximum absolute atomic E-state index is 10.6. The normalized spacial score (nSPS) is 11.9. The van der Waals surface area contributed by atoms with Crippen molar-refractivity contribution in [2.75, 3.05) is 25.1 Å². The first-order valence-corrected chi connectivity index (χ1v) is 7.17. The van der Waals surface area contributed by atoms with Crippen molar-refractivity contribution in [3.8, 4) is 0 Å². The van der Waals surface area contributed by atoms with Crippen molar-refractivity contribution in [3.63, 3.8) is 0 Å². The van der Waals surface area contributed by atoms with Gasteiger partial charge in [0.1, 0.15) is 12.0 Å². The highest BCUT2D eigenvalue weighted by molar-refractivity contribution is 5.42. The monoisotopic (exact) mass is 317 g/mol.